The third kappa shape index (κ3) is 5.89. The lowest BCUT2D eigenvalue weighted by Crippen LogP contribution is -2.49. The Balaban J connectivity index is 3.97. The van der Waals surface area contributed by atoms with Gasteiger partial charge in [0.25, 0.3) is 0 Å². The first-order valence-corrected chi connectivity index (χ1v) is 5.41. The summed E-state index contributed by atoms with van der Waals surface area (Å²) in [6, 6.07) is 0. The minimum Gasteiger partial charge on any atom is -0.480 e. The predicted molar refractivity (Wildman–Crippen MR) is 62.4 cm³/mol. The Bertz CT molecular complexity index is 311. The Morgan fingerprint density at radius 2 is 1.71 bits per heavy atom. The number of nitrogens with one attached hydrogen (secondary N) is 1. The molecule has 0 saturated carbocycles. The van der Waals surface area contributed by atoms with Crippen LogP contribution in [0, 0.1) is 0 Å². The molecule has 0 aliphatic rings. The summed E-state index contributed by atoms with van der Waals surface area (Å²) in [5.41, 5.74) is -1.28. The molecule has 0 heterocycles. The van der Waals surface area contributed by atoms with Gasteiger partial charge in [-0.2, -0.15) is 0 Å². The van der Waals surface area contributed by atoms with E-state index in [-0.39, 0.29) is 24.7 Å². The number of aliphatic carboxylic acids is 1. The standard InChI is InChI=1S/C11H20N2O4/c1-11(2,10(16)17)12-8(14)6-5-7-9(15)13(3)4/h5-7H2,1-4H3,(H,12,14)(H,16,17). The van der Waals surface area contributed by atoms with Crippen molar-refractivity contribution >= 4 is 17.8 Å². The lowest BCUT2D eigenvalue weighted by molar-refractivity contribution is -0.146. The van der Waals surface area contributed by atoms with E-state index in [1.54, 1.807) is 14.1 Å². The molecule has 0 unspecified atom stereocenters. The zero-order valence-electron chi connectivity index (χ0n) is 10.7. The van der Waals surface area contributed by atoms with E-state index < -0.39 is 11.5 Å². The molecule has 0 atom stereocenters. The second kappa shape index (κ2) is 6.22. The average molecular weight is 244 g/mol. The van der Waals surface area contributed by atoms with Gasteiger partial charge < -0.3 is 15.3 Å². The predicted octanol–water partition coefficient (Wildman–Crippen LogP) is 0.224. The molecule has 6 heteroatoms. The van der Waals surface area contributed by atoms with Crippen molar-refractivity contribution in [2.45, 2.75) is 38.6 Å². The van der Waals surface area contributed by atoms with Crippen molar-refractivity contribution in [3.8, 4) is 0 Å². The minimum absolute atomic E-state index is 0.0460. The number of carbonyl (C=O) groups is 3. The third-order valence-electron chi connectivity index (χ3n) is 2.28. The first-order valence-electron chi connectivity index (χ1n) is 5.41. The van der Waals surface area contributed by atoms with Gasteiger partial charge >= 0.3 is 5.97 Å². The van der Waals surface area contributed by atoms with E-state index in [2.05, 4.69) is 5.32 Å². The summed E-state index contributed by atoms with van der Waals surface area (Å²) in [6.07, 6.45) is 0.850. The molecular weight excluding hydrogens is 224 g/mol. The lowest BCUT2D eigenvalue weighted by Gasteiger charge is -2.20. The molecule has 0 aromatic heterocycles. The number of hydrogen-bond donors (Lipinski definition) is 2. The van der Waals surface area contributed by atoms with Crippen LogP contribution in [0.4, 0.5) is 0 Å². The normalized spacial score (nSPS) is 10.8. The van der Waals surface area contributed by atoms with Crippen molar-refractivity contribution < 1.29 is 19.5 Å². The van der Waals surface area contributed by atoms with Gasteiger partial charge in [-0.3, -0.25) is 9.59 Å². The number of hydrogen-bond acceptors (Lipinski definition) is 3. The second-order valence-electron chi connectivity index (χ2n) is 4.62. The molecule has 0 aromatic rings. The van der Waals surface area contributed by atoms with Crippen LogP contribution in [0.5, 0.6) is 0 Å². The largest absolute Gasteiger partial charge is 0.480 e. The summed E-state index contributed by atoms with van der Waals surface area (Å²) < 4.78 is 0. The fraction of sp³-hybridized carbons (Fsp3) is 0.727. The van der Waals surface area contributed by atoms with E-state index in [9.17, 15) is 14.4 Å². The van der Waals surface area contributed by atoms with Crippen LogP contribution in [0.25, 0.3) is 0 Å². The highest BCUT2D eigenvalue weighted by atomic mass is 16.4. The molecule has 0 radical (unpaired) electrons. The van der Waals surface area contributed by atoms with Crippen LogP contribution in [-0.2, 0) is 14.4 Å². The summed E-state index contributed by atoms with van der Waals surface area (Å²) >= 11 is 0. The number of carbonyl (C=O) groups excluding carboxylic acids is 2. The number of carboxylic acids is 1. The topological polar surface area (TPSA) is 86.7 Å². The minimum atomic E-state index is -1.28. The smallest absolute Gasteiger partial charge is 0.328 e. The van der Waals surface area contributed by atoms with Crippen LogP contribution in [0.3, 0.4) is 0 Å². The van der Waals surface area contributed by atoms with Crippen LogP contribution in [-0.4, -0.2) is 47.4 Å². The number of amides is 2. The Kier molecular flexibility index (Phi) is 5.64. The van der Waals surface area contributed by atoms with Crippen molar-refractivity contribution in [1.29, 1.82) is 0 Å². The maximum Gasteiger partial charge on any atom is 0.328 e. The molecule has 0 fully saturated rings. The first-order chi connectivity index (χ1) is 7.66. The SMILES string of the molecule is CN(C)C(=O)CCCC(=O)NC(C)(C)C(=O)O. The summed E-state index contributed by atoms with van der Waals surface area (Å²) in [7, 11) is 3.30. The summed E-state index contributed by atoms with van der Waals surface area (Å²) in [4.78, 5) is 34.8. The fourth-order valence-corrected chi connectivity index (χ4v) is 1.09. The van der Waals surface area contributed by atoms with E-state index in [1.165, 1.54) is 18.7 Å². The Morgan fingerprint density at radius 3 is 2.12 bits per heavy atom. The highest BCUT2D eigenvalue weighted by Crippen LogP contribution is 2.04. The van der Waals surface area contributed by atoms with Gasteiger partial charge in [-0.15, -0.1) is 0 Å². The van der Waals surface area contributed by atoms with Gasteiger partial charge in [-0.25, -0.2) is 4.79 Å². The Labute approximate surface area is 101 Å². The number of nitrogens with zero attached hydrogens (tertiary/aromatic N) is 1. The van der Waals surface area contributed by atoms with E-state index >= 15 is 0 Å². The summed E-state index contributed by atoms with van der Waals surface area (Å²) in [5, 5.41) is 11.2. The zero-order chi connectivity index (χ0) is 13.6. The highest BCUT2D eigenvalue weighted by molar-refractivity contribution is 5.86. The van der Waals surface area contributed by atoms with E-state index in [0.29, 0.717) is 6.42 Å². The van der Waals surface area contributed by atoms with Gasteiger partial charge in [0.15, 0.2) is 0 Å². The molecule has 0 rings (SSSR count). The summed E-state index contributed by atoms with van der Waals surface area (Å²) in [6.45, 7) is 2.83. The maximum absolute atomic E-state index is 11.4. The van der Waals surface area contributed by atoms with Crippen molar-refractivity contribution in [3.63, 3.8) is 0 Å². The van der Waals surface area contributed by atoms with E-state index in [1.807, 2.05) is 0 Å². The van der Waals surface area contributed by atoms with Gasteiger partial charge in [0.05, 0.1) is 0 Å². The van der Waals surface area contributed by atoms with Crippen LogP contribution < -0.4 is 5.32 Å². The molecule has 0 spiro atoms. The monoisotopic (exact) mass is 244 g/mol. The summed E-state index contributed by atoms with van der Waals surface area (Å²) in [5.74, 6) is -1.49. The molecule has 0 aromatic carbocycles. The van der Waals surface area contributed by atoms with Crippen molar-refractivity contribution in [1.82, 2.24) is 10.2 Å². The van der Waals surface area contributed by atoms with Crippen molar-refractivity contribution in [3.05, 3.63) is 0 Å². The molecule has 6 nitrogen and oxygen atoms in total. The molecule has 98 valence electrons. The molecule has 0 saturated heterocycles. The lowest BCUT2D eigenvalue weighted by atomic mass is 10.1. The van der Waals surface area contributed by atoms with Crippen LogP contribution >= 0.6 is 0 Å². The average Bonchev–Trinajstić information content (AvgIpc) is 2.16. The molecule has 0 aliphatic heterocycles. The van der Waals surface area contributed by atoms with Crippen molar-refractivity contribution in [2.75, 3.05) is 14.1 Å². The molecular formula is C11H20N2O4. The van der Waals surface area contributed by atoms with Gasteiger partial charge in [0.1, 0.15) is 5.54 Å². The quantitative estimate of drug-likeness (QED) is 0.700. The third-order valence-corrected chi connectivity index (χ3v) is 2.28. The number of rotatable bonds is 6. The molecule has 2 amide bonds. The molecule has 0 aliphatic carbocycles. The van der Waals surface area contributed by atoms with Gasteiger partial charge in [-0.05, 0) is 20.3 Å². The van der Waals surface area contributed by atoms with Crippen LogP contribution in [0.15, 0.2) is 0 Å². The van der Waals surface area contributed by atoms with Gasteiger partial charge in [0.2, 0.25) is 11.8 Å². The maximum atomic E-state index is 11.4. The molecule has 2 N–H and O–H groups in total. The Morgan fingerprint density at radius 1 is 1.18 bits per heavy atom. The second-order valence-corrected chi connectivity index (χ2v) is 4.62. The van der Waals surface area contributed by atoms with E-state index in [0.717, 1.165) is 0 Å². The first kappa shape index (κ1) is 15.4. The highest BCUT2D eigenvalue weighted by Gasteiger charge is 2.28. The number of carboxylic acid groups (broad SMARTS) is 1. The molecule has 17 heavy (non-hydrogen) atoms. The fourth-order valence-electron chi connectivity index (χ4n) is 1.09. The van der Waals surface area contributed by atoms with Crippen LogP contribution in [0.1, 0.15) is 33.1 Å². The van der Waals surface area contributed by atoms with Crippen LogP contribution in [0.2, 0.25) is 0 Å². The zero-order valence-corrected chi connectivity index (χ0v) is 10.7. The van der Waals surface area contributed by atoms with E-state index in [4.69, 9.17) is 5.11 Å². The Hall–Kier alpha value is -1.59. The molecule has 0 bridgehead atoms. The van der Waals surface area contributed by atoms with Gasteiger partial charge in [0, 0.05) is 26.9 Å². The van der Waals surface area contributed by atoms with Gasteiger partial charge in [-0.1, -0.05) is 0 Å². The van der Waals surface area contributed by atoms with Crippen molar-refractivity contribution in [2.24, 2.45) is 0 Å².